The number of carbonyl (C=O) groups excluding carboxylic acids is 1. The van der Waals surface area contributed by atoms with E-state index in [2.05, 4.69) is 20.5 Å². The van der Waals surface area contributed by atoms with Gasteiger partial charge in [-0.05, 0) is 24.3 Å². The smallest absolute Gasteiger partial charge is 0.225 e. The number of methoxy groups -OCH3 is 1. The molecule has 3 rings (SSSR count). The van der Waals surface area contributed by atoms with Crippen LogP contribution in [0.3, 0.4) is 0 Å². The quantitative estimate of drug-likeness (QED) is 0.830. The normalized spacial score (nSPS) is 18.1. The topological polar surface area (TPSA) is 71.4 Å². The highest BCUT2D eigenvalue weighted by atomic mass is 16.5. The Hall–Kier alpha value is -2.38. The molecule has 0 radical (unpaired) electrons. The average molecular weight is 343 g/mol. The van der Waals surface area contributed by atoms with Gasteiger partial charge in [0.05, 0.1) is 13.2 Å². The van der Waals surface area contributed by atoms with E-state index in [0.29, 0.717) is 13.0 Å². The number of aromatic nitrogens is 2. The van der Waals surface area contributed by atoms with Gasteiger partial charge in [0.2, 0.25) is 5.91 Å². The zero-order valence-corrected chi connectivity index (χ0v) is 14.7. The molecule has 1 aliphatic rings. The fraction of sp³-hybridized carbons (Fsp3) is 0.444. The van der Waals surface area contributed by atoms with Gasteiger partial charge in [-0.2, -0.15) is 0 Å². The molecule has 1 aromatic heterocycles. The number of aryl methyl sites for hydroxylation is 1. The minimum atomic E-state index is 0.0160. The molecule has 1 fully saturated rings. The van der Waals surface area contributed by atoms with E-state index in [4.69, 9.17) is 4.74 Å². The van der Waals surface area contributed by atoms with Crippen LogP contribution in [-0.4, -0.2) is 53.6 Å². The number of carbonyl (C=O) groups is 1. The second-order valence-corrected chi connectivity index (χ2v) is 6.18. The maximum atomic E-state index is 12.3. The first kappa shape index (κ1) is 17.4. The van der Waals surface area contributed by atoms with Crippen LogP contribution in [0.4, 0.5) is 5.69 Å². The highest BCUT2D eigenvalue weighted by Crippen LogP contribution is 2.21. The van der Waals surface area contributed by atoms with Crippen molar-refractivity contribution in [3.63, 3.8) is 0 Å². The standard InChI is InChI=1S/C18H25N5O2/c1-22-11-9-20-18(22)16-13-19-8-12-23(16)10-7-17(24)21-14-3-5-15(25-2)6-4-14/h3-6,9,11,16,19H,7-8,10,12-13H2,1-2H3,(H,21,24). The van der Waals surface area contributed by atoms with Crippen LogP contribution in [0.25, 0.3) is 0 Å². The molecule has 1 atom stereocenters. The Balaban J connectivity index is 1.55. The van der Waals surface area contributed by atoms with Crippen LogP contribution in [0.5, 0.6) is 5.75 Å². The van der Waals surface area contributed by atoms with E-state index in [1.165, 1.54) is 0 Å². The Morgan fingerprint density at radius 2 is 2.20 bits per heavy atom. The van der Waals surface area contributed by atoms with Crippen LogP contribution in [0.2, 0.25) is 0 Å². The molecule has 2 N–H and O–H groups in total. The summed E-state index contributed by atoms with van der Waals surface area (Å²) in [6.45, 7) is 3.40. The lowest BCUT2D eigenvalue weighted by Gasteiger charge is -2.35. The van der Waals surface area contributed by atoms with Crippen LogP contribution in [0.1, 0.15) is 18.3 Å². The lowest BCUT2D eigenvalue weighted by Crippen LogP contribution is -2.47. The van der Waals surface area contributed by atoms with E-state index in [9.17, 15) is 4.79 Å². The number of imidazole rings is 1. The Kier molecular flexibility index (Phi) is 5.67. The van der Waals surface area contributed by atoms with Gasteiger partial charge < -0.3 is 19.9 Å². The first-order valence-electron chi connectivity index (χ1n) is 8.53. The van der Waals surface area contributed by atoms with Gasteiger partial charge in [-0.15, -0.1) is 0 Å². The molecule has 2 heterocycles. The molecule has 0 aliphatic carbocycles. The molecule has 134 valence electrons. The predicted octanol–water partition coefficient (Wildman–Crippen LogP) is 1.40. The van der Waals surface area contributed by atoms with Crippen LogP contribution in [0.15, 0.2) is 36.7 Å². The lowest BCUT2D eigenvalue weighted by atomic mass is 10.1. The Morgan fingerprint density at radius 3 is 2.88 bits per heavy atom. The maximum Gasteiger partial charge on any atom is 0.225 e. The molecule has 0 saturated carbocycles. The number of piperazine rings is 1. The number of nitrogens with zero attached hydrogens (tertiary/aromatic N) is 3. The third kappa shape index (κ3) is 4.37. The van der Waals surface area contributed by atoms with Crippen molar-refractivity contribution >= 4 is 11.6 Å². The van der Waals surface area contributed by atoms with Crippen molar-refractivity contribution in [3.05, 3.63) is 42.5 Å². The molecule has 0 bridgehead atoms. The number of benzene rings is 1. The van der Waals surface area contributed by atoms with Crippen LogP contribution >= 0.6 is 0 Å². The van der Waals surface area contributed by atoms with E-state index in [1.54, 1.807) is 7.11 Å². The average Bonchev–Trinajstić information content (AvgIpc) is 3.06. The fourth-order valence-electron chi connectivity index (χ4n) is 3.11. The van der Waals surface area contributed by atoms with Gasteiger partial charge >= 0.3 is 0 Å². The monoisotopic (exact) mass is 343 g/mol. The number of amides is 1. The zero-order valence-electron chi connectivity index (χ0n) is 14.7. The van der Waals surface area contributed by atoms with E-state index in [1.807, 2.05) is 48.3 Å². The van der Waals surface area contributed by atoms with Crippen molar-refractivity contribution in [2.75, 3.05) is 38.6 Å². The summed E-state index contributed by atoms with van der Waals surface area (Å²) in [4.78, 5) is 19.1. The Bertz CT molecular complexity index is 698. The summed E-state index contributed by atoms with van der Waals surface area (Å²) in [6, 6.07) is 7.56. The van der Waals surface area contributed by atoms with Gasteiger partial charge in [0, 0.05) is 57.7 Å². The van der Waals surface area contributed by atoms with Gasteiger partial charge in [-0.25, -0.2) is 4.98 Å². The van der Waals surface area contributed by atoms with E-state index < -0.39 is 0 Å². The van der Waals surface area contributed by atoms with Crippen molar-refractivity contribution in [2.24, 2.45) is 7.05 Å². The Labute approximate surface area is 148 Å². The summed E-state index contributed by atoms with van der Waals surface area (Å²) in [5.41, 5.74) is 0.784. The minimum Gasteiger partial charge on any atom is -0.497 e. The predicted molar refractivity (Wildman–Crippen MR) is 96.6 cm³/mol. The molecule has 25 heavy (non-hydrogen) atoms. The largest absolute Gasteiger partial charge is 0.497 e. The minimum absolute atomic E-state index is 0.0160. The molecular weight excluding hydrogens is 318 g/mol. The first-order chi connectivity index (χ1) is 12.2. The number of hydrogen-bond acceptors (Lipinski definition) is 5. The number of rotatable bonds is 6. The van der Waals surface area contributed by atoms with Crippen molar-refractivity contribution in [3.8, 4) is 5.75 Å². The SMILES string of the molecule is COc1ccc(NC(=O)CCN2CCNCC2c2nccn2C)cc1. The summed E-state index contributed by atoms with van der Waals surface area (Å²) < 4.78 is 7.17. The molecule has 0 spiro atoms. The second kappa shape index (κ2) is 8.13. The third-order valence-corrected chi connectivity index (χ3v) is 4.51. The molecule has 7 heteroatoms. The van der Waals surface area contributed by atoms with Crippen LogP contribution < -0.4 is 15.4 Å². The van der Waals surface area contributed by atoms with E-state index in [-0.39, 0.29) is 11.9 Å². The van der Waals surface area contributed by atoms with E-state index >= 15 is 0 Å². The molecule has 7 nitrogen and oxygen atoms in total. The second-order valence-electron chi connectivity index (χ2n) is 6.18. The summed E-state index contributed by atoms with van der Waals surface area (Å²) >= 11 is 0. The van der Waals surface area contributed by atoms with Crippen LogP contribution in [-0.2, 0) is 11.8 Å². The van der Waals surface area contributed by atoms with E-state index in [0.717, 1.165) is 36.9 Å². The van der Waals surface area contributed by atoms with Gasteiger partial charge in [0.1, 0.15) is 11.6 Å². The summed E-state index contributed by atoms with van der Waals surface area (Å²) in [7, 11) is 3.63. The van der Waals surface area contributed by atoms with Gasteiger partial charge in [0.25, 0.3) is 0 Å². The molecule has 1 aromatic carbocycles. The maximum absolute atomic E-state index is 12.3. The summed E-state index contributed by atoms with van der Waals surface area (Å²) in [5, 5.41) is 6.35. The van der Waals surface area contributed by atoms with Gasteiger partial charge in [-0.1, -0.05) is 0 Å². The molecule has 1 amide bonds. The molecule has 1 unspecified atom stereocenters. The lowest BCUT2D eigenvalue weighted by molar-refractivity contribution is -0.116. The van der Waals surface area contributed by atoms with Gasteiger partial charge in [0.15, 0.2) is 0 Å². The first-order valence-corrected chi connectivity index (χ1v) is 8.53. The summed E-state index contributed by atoms with van der Waals surface area (Å²) in [5.74, 6) is 1.82. The molecule has 1 saturated heterocycles. The van der Waals surface area contributed by atoms with Crippen molar-refractivity contribution < 1.29 is 9.53 Å². The van der Waals surface area contributed by atoms with Crippen molar-refractivity contribution in [1.82, 2.24) is 19.8 Å². The van der Waals surface area contributed by atoms with Crippen LogP contribution in [0, 0.1) is 0 Å². The highest BCUT2D eigenvalue weighted by Gasteiger charge is 2.26. The highest BCUT2D eigenvalue weighted by molar-refractivity contribution is 5.90. The molecular formula is C18H25N5O2. The number of nitrogens with one attached hydrogen (secondary N) is 2. The number of ether oxygens (including phenoxy) is 1. The molecule has 2 aromatic rings. The zero-order chi connectivity index (χ0) is 17.6. The molecule has 1 aliphatic heterocycles. The number of anilines is 1. The Morgan fingerprint density at radius 1 is 1.40 bits per heavy atom. The van der Waals surface area contributed by atoms with Gasteiger partial charge in [-0.3, -0.25) is 9.69 Å². The van der Waals surface area contributed by atoms with Crippen molar-refractivity contribution in [1.29, 1.82) is 0 Å². The third-order valence-electron chi connectivity index (χ3n) is 4.51. The number of hydrogen-bond donors (Lipinski definition) is 2. The fourth-order valence-corrected chi connectivity index (χ4v) is 3.11. The summed E-state index contributed by atoms with van der Waals surface area (Å²) in [6.07, 6.45) is 4.23. The van der Waals surface area contributed by atoms with Crippen molar-refractivity contribution in [2.45, 2.75) is 12.5 Å².